The van der Waals surface area contributed by atoms with Crippen LogP contribution in [0.3, 0.4) is 0 Å². The maximum atomic E-state index is 10.8. The molecular weight excluding hydrogens is 252 g/mol. The number of hydrogen-bond donors (Lipinski definition) is 1. The highest BCUT2D eigenvalue weighted by Gasteiger charge is 2.25. The van der Waals surface area contributed by atoms with Crippen LogP contribution in [-0.4, -0.2) is 5.11 Å². The molecule has 0 aliphatic heterocycles. The second-order valence-corrected chi connectivity index (χ2v) is 5.23. The molecule has 1 heterocycles. The van der Waals surface area contributed by atoms with Gasteiger partial charge in [0.1, 0.15) is 0 Å². The molecule has 0 aliphatic carbocycles. The Morgan fingerprint density at radius 2 is 2.00 bits per heavy atom. The quantitative estimate of drug-likeness (QED) is 0.657. The summed E-state index contributed by atoms with van der Waals surface area (Å²) in [5.41, 5.74) is -0.277. The molecule has 2 rings (SSSR count). The lowest BCUT2D eigenvalue weighted by Gasteiger charge is -2.22. The highest BCUT2D eigenvalue weighted by molar-refractivity contribution is 7.10. The molecule has 0 radical (unpaired) electrons. The number of rotatable bonds is 4. The molecule has 0 aliphatic rings. The first-order valence-corrected chi connectivity index (χ1v) is 7.08. The van der Waals surface area contributed by atoms with E-state index in [-0.39, 0.29) is 0 Å². The van der Waals surface area contributed by atoms with Crippen LogP contribution in [0.15, 0.2) is 60.5 Å². The Labute approximate surface area is 118 Å². The van der Waals surface area contributed by atoms with E-state index in [0.29, 0.717) is 6.42 Å². The first kappa shape index (κ1) is 13.6. The number of benzene rings is 1. The smallest absolute Gasteiger partial charge is 0.151 e. The topological polar surface area (TPSA) is 20.2 Å². The molecule has 0 spiro atoms. The molecule has 0 bridgehead atoms. The highest BCUT2D eigenvalue weighted by atomic mass is 32.1. The van der Waals surface area contributed by atoms with Crippen molar-refractivity contribution in [3.8, 4) is 11.8 Å². The fraction of sp³-hybridized carbons (Fsp3) is 0.176. The van der Waals surface area contributed by atoms with E-state index in [9.17, 15) is 5.11 Å². The van der Waals surface area contributed by atoms with Gasteiger partial charge >= 0.3 is 0 Å². The maximum Gasteiger partial charge on any atom is 0.151 e. The molecule has 0 saturated heterocycles. The Morgan fingerprint density at radius 3 is 2.63 bits per heavy atom. The number of thiophene rings is 1. The Balaban J connectivity index is 2.32. The molecule has 2 aromatic rings. The molecule has 1 N–H and O–H groups in total. The Bertz CT molecular complexity index is 575. The van der Waals surface area contributed by atoms with Gasteiger partial charge in [-0.15, -0.1) is 17.9 Å². The fourth-order valence-corrected chi connectivity index (χ4v) is 2.39. The van der Waals surface area contributed by atoms with Gasteiger partial charge in [-0.3, -0.25) is 0 Å². The summed E-state index contributed by atoms with van der Waals surface area (Å²) < 4.78 is 0. The van der Waals surface area contributed by atoms with Crippen molar-refractivity contribution in [1.29, 1.82) is 0 Å². The SMILES string of the molecule is C=CCCC(O)(C#Cc1cccs1)c1ccccc1. The van der Waals surface area contributed by atoms with Crippen LogP contribution in [0.5, 0.6) is 0 Å². The van der Waals surface area contributed by atoms with E-state index in [1.165, 1.54) is 0 Å². The van der Waals surface area contributed by atoms with Crippen LogP contribution in [-0.2, 0) is 5.60 Å². The summed E-state index contributed by atoms with van der Waals surface area (Å²) in [5, 5.41) is 12.8. The second-order valence-electron chi connectivity index (χ2n) is 4.28. The van der Waals surface area contributed by atoms with E-state index in [1.807, 2.05) is 47.8 Å². The van der Waals surface area contributed by atoms with Gasteiger partial charge in [0.15, 0.2) is 5.60 Å². The van der Waals surface area contributed by atoms with Crippen LogP contribution in [0.1, 0.15) is 23.3 Å². The van der Waals surface area contributed by atoms with Crippen molar-refractivity contribution >= 4 is 11.3 Å². The van der Waals surface area contributed by atoms with Gasteiger partial charge in [-0.25, -0.2) is 0 Å². The summed E-state index contributed by atoms with van der Waals surface area (Å²) in [6, 6.07) is 13.5. The summed E-state index contributed by atoms with van der Waals surface area (Å²) in [6.45, 7) is 3.71. The lowest BCUT2D eigenvalue weighted by molar-refractivity contribution is 0.0914. The van der Waals surface area contributed by atoms with Crippen molar-refractivity contribution in [3.05, 3.63) is 70.9 Å². The Hall–Kier alpha value is -1.82. The maximum absolute atomic E-state index is 10.8. The molecule has 1 aromatic carbocycles. The van der Waals surface area contributed by atoms with Gasteiger partial charge < -0.3 is 5.11 Å². The standard InChI is InChI=1S/C17H16OS/c1-2-3-12-17(18,15-8-5-4-6-9-15)13-11-16-10-7-14-19-16/h2,4-10,14,18H,1,3,12H2. The lowest BCUT2D eigenvalue weighted by Crippen LogP contribution is -2.23. The summed E-state index contributed by atoms with van der Waals surface area (Å²) >= 11 is 1.58. The van der Waals surface area contributed by atoms with Crippen LogP contribution in [0.2, 0.25) is 0 Å². The third-order valence-corrected chi connectivity index (χ3v) is 3.66. The first-order valence-electron chi connectivity index (χ1n) is 6.20. The Morgan fingerprint density at radius 1 is 1.21 bits per heavy atom. The highest BCUT2D eigenvalue weighted by Crippen LogP contribution is 2.26. The first-order chi connectivity index (χ1) is 9.24. The minimum atomic E-state index is -1.11. The van der Waals surface area contributed by atoms with Gasteiger partial charge in [0.25, 0.3) is 0 Å². The molecule has 2 heteroatoms. The van der Waals surface area contributed by atoms with E-state index >= 15 is 0 Å². The zero-order valence-corrected chi connectivity index (χ0v) is 11.5. The van der Waals surface area contributed by atoms with Gasteiger partial charge in [-0.1, -0.05) is 54.3 Å². The second kappa shape index (κ2) is 6.38. The van der Waals surface area contributed by atoms with Crippen molar-refractivity contribution in [2.45, 2.75) is 18.4 Å². The molecule has 96 valence electrons. The van der Waals surface area contributed by atoms with Crippen LogP contribution in [0.25, 0.3) is 0 Å². The summed E-state index contributed by atoms with van der Waals surface area (Å²) in [6.07, 6.45) is 3.09. The van der Waals surface area contributed by atoms with Crippen molar-refractivity contribution in [1.82, 2.24) is 0 Å². The van der Waals surface area contributed by atoms with Gasteiger partial charge in [0.2, 0.25) is 0 Å². The molecule has 1 aromatic heterocycles. The summed E-state index contributed by atoms with van der Waals surface area (Å²) in [4.78, 5) is 0.966. The van der Waals surface area contributed by atoms with E-state index in [4.69, 9.17) is 0 Å². The average molecular weight is 268 g/mol. The molecule has 1 atom stereocenters. The van der Waals surface area contributed by atoms with Crippen LogP contribution in [0.4, 0.5) is 0 Å². The Kier molecular flexibility index (Phi) is 4.57. The molecule has 1 nitrogen and oxygen atoms in total. The third kappa shape index (κ3) is 3.57. The summed E-state index contributed by atoms with van der Waals surface area (Å²) in [5.74, 6) is 6.07. The molecule has 1 unspecified atom stereocenters. The predicted octanol–water partition coefficient (Wildman–Crippen LogP) is 3.95. The molecule has 0 saturated carbocycles. The van der Waals surface area contributed by atoms with Crippen LogP contribution < -0.4 is 0 Å². The van der Waals surface area contributed by atoms with E-state index in [0.717, 1.165) is 16.9 Å². The van der Waals surface area contributed by atoms with Crippen molar-refractivity contribution in [2.75, 3.05) is 0 Å². The zero-order valence-electron chi connectivity index (χ0n) is 10.7. The van der Waals surface area contributed by atoms with Gasteiger partial charge in [0.05, 0.1) is 4.88 Å². The van der Waals surface area contributed by atoms with Crippen molar-refractivity contribution in [2.24, 2.45) is 0 Å². The molecule has 19 heavy (non-hydrogen) atoms. The van der Waals surface area contributed by atoms with Crippen molar-refractivity contribution < 1.29 is 5.11 Å². The number of aliphatic hydroxyl groups is 1. The number of allylic oxidation sites excluding steroid dienone is 1. The van der Waals surface area contributed by atoms with E-state index in [2.05, 4.69) is 18.4 Å². The minimum absolute atomic E-state index is 0.554. The minimum Gasteiger partial charge on any atom is -0.373 e. The average Bonchev–Trinajstić information content (AvgIpc) is 2.97. The van der Waals surface area contributed by atoms with E-state index < -0.39 is 5.60 Å². The van der Waals surface area contributed by atoms with Gasteiger partial charge in [-0.05, 0) is 29.9 Å². The molecule has 0 fully saturated rings. The van der Waals surface area contributed by atoms with E-state index in [1.54, 1.807) is 17.4 Å². The zero-order chi connectivity index (χ0) is 13.6. The molecule has 0 amide bonds. The fourth-order valence-electron chi connectivity index (χ4n) is 1.82. The van der Waals surface area contributed by atoms with Crippen molar-refractivity contribution in [3.63, 3.8) is 0 Å². The lowest BCUT2D eigenvalue weighted by atomic mass is 9.89. The van der Waals surface area contributed by atoms with Gasteiger partial charge in [-0.2, -0.15) is 0 Å². The largest absolute Gasteiger partial charge is 0.373 e. The summed E-state index contributed by atoms with van der Waals surface area (Å²) in [7, 11) is 0. The van der Waals surface area contributed by atoms with Gasteiger partial charge in [0, 0.05) is 0 Å². The number of hydrogen-bond acceptors (Lipinski definition) is 2. The monoisotopic (exact) mass is 268 g/mol. The molecular formula is C17H16OS. The predicted molar refractivity (Wildman–Crippen MR) is 81.0 cm³/mol. The van der Waals surface area contributed by atoms with Crippen LogP contribution >= 0.6 is 11.3 Å². The third-order valence-electron chi connectivity index (χ3n) is 2.88. The normalized spacial score (nSPS) is 13.1. The van der Waals surface area contributed by atoms with Crippen LogP contribution in [0, 0.1) is 11.8 Å².